The highest BCUT2D eigenvalue weighted by Gasteiger charge is 2.31. The van der Waals surface area contributed by atoms with Crippen molar-refractivity contribution in [3.05, 3.63) is 59.5 Å². The quantitative estimate of drug-likeness (QED) is 0.667. The molecule has 2 atom stereocenters. The molecular weight excluding hydrogens is 338 g/mol. The normalized spacial score (nSPS) is 22.3. The number of hydrogen-bond donors (Lipinski definition) is 3. The number of aromatic hydroxyl groups is 1. The van der Waals surface area contributed by atoms with Gasteiger partial charge in [0.25, 0.3) is 5.91 Å². The smallest absolute Gasteiger partial charge is 0.257 e. The third-order valence-electron chi connectivity index (χ3n) is 5.59. The second kappa shape index (κ2) is 7.51. The molecule has 3 rings (SSSR count). The number of anilines is 1. The second-order valence-electron chi connectivity index (χ2n) is 7.75. The van der Waals surface area contributed by atoms with Crippen LogP contribution >= 0.6 is 0 Å². The molecule has 5 heteroatoms. The number of amides is 1. The van der Waals surface area contributed by atoms with E-state index in [1.54, 1.807) is 32.3 Å². The van der Waals surface area contributed by atoms with Crippen molar-refractivity contribution in [3.63, 3.8) is 0 Å². The van der Waals surface area contributed by atoms with E-state index in [4.69, 9.17) is 0 Å². The first-order valence-electron chi connectivity index (χ1n) is 9.51. The van der Waals surface area contributed by atoms with E-state index in [0.29, 0.717) is 17.6 Å². The van der Waals surface area contributed by atoms with Crippen molar-refractivity contribution in [1.82, 2.24) is 10.2 Å². The zero-order valence-electron chi connectivity index (χ0n) is 16.4. The second-order valence-corrected chi connectivity index (χ2v) is 7.75. The lowest BCUT2D eigenvalue weighted by atomic mass is 9.83. The molecule has 1 fully saturated rings. The van der Waals surface area contributed by atoms with Crippen LogP contribution in [0.4, 0.5) is 5.69 Å². The van der Waals surface area contributed by atoms with Crippen molar-refractivity contribution in [2.45, 2.75) is 38.6 Å². The first-order chi connectivity index (χ1) is 12.8. The van der Waals surface area contributed by atoms with E-state index < -0.39 is 0 Å². The molecule has 0 aliphatic heterocycles. The summed E-state index contributed by atoms with van der Waals surface area (Å²) in [4.78, 5) is 13.7. The number of para-hydroxylation sites is 1. The van der Waals surface area contributed by atoms with Crippen LogP contribution in [0.5, 0.6) is 5.75 Å². The van der Waals surface area contributed by atoms with Crippen LogP contribution in [0.25, 0.3) is 0 Å². The average Bonchev–Trinajstić information content (AvgIpc) is 2.66. The topological polar surface area (TPSA) is 64.6 Å². The van der Waals surface area contributed by atoms with Gasteiger partial charge >= 0.3 is 0 Å². The van der Waals surface area contributed by atoms with Crippen molar-refractivity contribution in [2.24, 2.45) is 5.92 Å². The van der Waals surface area contributed by atoms with Crippen molar-refractivity contribution >= 4 is 11.6 Å². The maximum Gasteiger partial charge on any atom is 0.257 e. The van der Waals surface area contributed by atoms with Gasteiger partial charge in [-0.1, -0.05) is 39.0 Å². The molecular formula is C22H33N3O2. The Kier molecular flexibility index (Phi) is 5.31. The number of rotatable bonds is 5. The van der Waals surface area contributed by atoms with Crippen molar-refractivity contribution in [2.75, 3.05) is 19.4 Å². The molecule has 0 saturated heterocycles. The summed E-state index contributed by atoms with van der Waals surface area (Å²) in [5.74, 6) is 0.319. The van der Waals surface area contributed by atoms with Crippen molar-refractivity contribution in [3.8, 4) is 5.75 Å². The first kappa shape index (κ1) is 19.1. The van der Waals surface area contributed by atoms with Crippen LogP contribution in [0.1, 0.15) is 45.8 Å². The molecule has 0 bridgehead atoms. The molecule has 0 spiro atoms. The van der Waals surface area contributed by atoms with Crippen LogP contribution in [0, 0.1) is 5.92 Å². The number of allylic oxidation sites excluding steroid dienone is 2. The highest BCUT2D eigenvalue weighted by molar-refractivity contribution is 5.98. The molecule has 148 valence electrons. The Bertz CT molecular complexity index is 833. The SMILES string of the molecule is C=C1C(=C)C(NC2CCCCC2C)=C1Nc1cccc(C(=O)N(C)C)c1O.[HH].[HH]. The summed E-state index contributed by atoms with van der Waals surface area (Å²) >= 11 is 0. The minimum absolute atomic E-state index is 0. The van der Waals surface area contributed by atoms with E-state index >= 15 is 0 Å². The number of hydrogen-bond acceptors (Lipinski definition) is 4. The van der Waals surface area contributed by atoms with Crippen LogP contribution in [0.15, 0.2) is 53.9 Å². The van der Waals surface area contributed by atoms with E-state index in [9.17, 15) is 9.90 Å². The fourth-order valence-corrected chi connectivity index (χ4v) is 3.75. The maximum absolute atomic E-state index is 12.2. The van der Waals surface area contributed by atoms with Crippen LogP contribution in [-0.2, 0) is 0 Å². The average molecular weight is 372 g/mol. The van der Waals surface area contributed by atoms with Crippen LogP contribution < -0.4 is 10.6 Å². The fourth-order valence-electron chi connectivity index (χ4n) is 3.75. The highest BCUT2D eigenvalue weighted by atomic mass is 16.3. The summed E-state index contributed by atoms with van der Waals surface area (Å²) in [7, 11) is 3.32. The van der Waals surface area contributed by atoms with Gasteiger partial charge in [0.2, 0.25) is 0 Å². The Labute approximate surface area is 164 Å². The highest BCUT2D eigenvalue weighted by Crippen LogP contribution is 2.40. The number of carbonyl (C=O) groups is 1. The lowest BCUT2D eigenvalue weighted by molar-refractivity contribution is 0.0824. The Balaban J connectivity index is 0.00000210. The van der Waals surface area contributed by atoms with E-state index in [-0.39, 0.29) is 20.1 Å². The van der Waals surface area contributed by atoms with Gasteiger partial charge in [-0.15, -0.1) is 0 Å². The summed E-state index contributed by atoms with van der Waals surface area (Å²) < 4.78 is 0. The Morgan fingerprint density at radius 2 is 1.85 bits per heavy atom. The minimum Gasteiger partial charge on any atom is -0.505 e. The number of nitrogens with one attached hydrogen (secondary N) is 2. The largest absolute Gasteiger partial charge is 0.505 e. The predicted molar refractivity (Wildman–Crippen MR) is 114 cm³/mol. The van der Waals surface area contributed by atoms with Crippen LogP contribution in [-0.4, -0.2) is 36.1 Å². The van der Waals surface area contributed by atoms with E-state index in [1.165, 1.54) is 24.2 Å². The van der Waals surface area contributed by atoms with Gasteiger partial charge in [0.05, 0.1) is 22.6 Å². The van der Waals surface area contributed by atoms with Gasteiger partial charge in [0.1, 0.15) is 0 Å². The summed E-state index contributed by atoms with van der Waals surface area (Å²) in [6, 6.07) is 5.55. The molecule has 1 amide bonds. The standard InChI is InChI=1S/C22H29N3O2.2H2/c1-13-9-6-7-11-17(13)23-19-14(2)15(3)20(19)24-18-12-8-10-16(21(18)26)22(27)25(4)5;;/h8,10,12-13,17,23-24,26H,2-3,6-7,9,11H2,1,4-5H3;2*1H. The van der Waals surface area contributed by atoms with Gasteiger partial charge in [-0.05, 0) is 30.9 Å². The van der Waals surface area contributed by atoms with Crippen LogP contribution in [0.3, 0.4) is 0 Å². The molecule has 5 nitrogen and oxygen atoms in total. The van der Waals surface area contributed by atoms with Gasteiger partial charge in [-0.2, -0.15) is 0 Å². The number of nitrogens with zero attached hydrogens (tertiary/aromatic N) is 1. The molecule has 0 aromatic heterocycles. The number of benzene rings is 1. The van der Waals surface area contributed by atoms with Crippen LogP contribution in [0.2, 0.25) is 0 Å². The number of phenols is 1. The summed E-state index contributed by atoms with van der Waals surface area (Å²) in [6.45, 7) is 10.5. The van der Waals surface area contributed by atoms with Crippen molar-refractivity contribution < 1.29 is 12.8 Å². The number of carbonyl (C=O) groups excluding carboxylic acids is 1. The monoisotopic (exact) mass is 371 g/mol. The molecule has 0 heterocycles. The lowest BCUT2D eigenvalue weighted by Crippen LogP contribution is -2.41. The Morgan fingerprint density at radius 3 is 2.52 bits per heavy atom. The lowest BCUT2D eigenvalue weighted by Gasteiger charge is -2.37. The maximum atomic E-state index is 12.2. The summed E-state index contributed by atoms with van der Waals surface area (Å²) in [5, 5.41) is 17.5. The first-order valence-corrected chi connectivity index (χ1v) is 9.51. The molecule has 3 N–H and O–H groups in total. The van der Waals surface area contributed by atoms with Gasteiger partial charge in [-0.3, -0.25) is 4.79 Å². The molecule has 1 aromatic carbocycles. The molecule has 27 heavy (non-hydrogen) atoms. The predicted octanol–water partition coefficient (Wildman–Crippen LogP) is 4.50. The van der Waals surface area contributed by atoms with E-state index in [2.05, 4.69) is 30.7 Å². The van der Waals surface area contributed by atoms with Gasteiger partial charge < -0.3 is 20.6 Å². The summed E-state index contributed by atoms with van der Waals surface area (Å²) in [6.07, 6.45) is 4.91. The van der Waals surface area contributed by atoms with Crippen molar-refractivity contribution in [1.29, 1.82) is 0 Å². The summed E-state index contributed by atoms with van der Waals surface area (Å²) in [5.41, 5.74) is 4.28. The number of phenolic OH excluding ortho intramolecular Hbond substituents is 1. The third kappa shape index (κ3) is 3.59. The Morgan fingerprint density at radius 1 is 1.19 bits per heavy atom. The molecule has 1 aromatic rings. The molecule has 1 saturated carbocycles. The van der Waals surface area contributed by atoms with Gasteiger partial charge in [-0.25, -0.2) is 0 Å². The third-order valence-corrected chi connectivity index (χ3v) is 5.59. The minimum atomic E-state index is -0.239. The van der Waals surface area contributed by atoms with E-state index in [1.807, 2.05) is 0 Å². The molecule has 2 aliphatic carbocycles. The van der Waals surface area contributed by atoms with Gasteiger partial charge in [0.15, 0.2) is 5.75 Å². The zero-order valence-corrected chi connectivity index (χ0v) is 16.4. The molecule has 0 radical (unpaired) electrons. The fraction of sp³-hybridized carbons (Fsp3) is 0.409. The van der Waals surface area contributed by atoms with Gasteiger partial charge in [0, 0.05) is 34.1 Å². The molecule has 2 aliphatic rings. The van der Waals surface area contributed by atoms with E-state index in [0.717, 1.165) is 29.0 Å². The molecule has 2 unspecified atom stereocenters. The zero-order chi connectivity index (χ0) is 19.7. The Hall–Kier alpha value is -2.69.